The van der Waals surface area contributed by atoms with Crippen LogP contribution in [0.1, 0.15) is 5.56 Å². The Kier molecular flexibility index (Phi) is 3.82. The van der Waals surface area contributed by atoms with Gasteiger partial charge in [0.2, 0.25) is 5.88 Å². The zero-order valence-electron chi connectivity index (χ0n) is 11.7. The average molecular weight is 280 g/mol. The smallest absolute Gasteiger partial charge is 0.237 e. The fourth-order valence-electron chi connectivity index (χ4n) is 2.06. The number of methoxy groups -OCH3 is 1. The quantitative estimate of drug-likeness (QED) is 0.780. The first-order valence-electron chi connectivity index (χ1n) is 6.68. The predicted molar refractivity (Wildman–Crippen MR) is 81.7 cm³/mol. The molecule has 3 rings (SSSR count). The van der Waals surface area contributed by atoms with Gasteiger partial charge in [0, 0.05) is 24.5 Å². The first-order chi connectivity index (χ1) is 10.4. The SMILES string of the molecule is COc1ncccc1NCc1cnn(-c2ccccc2)c1. The number of anilines is 1. The molecule has 0 aliphatic carbocycles. The van der Waals surface area contributed by atoms with Gasteiger partial charge in [-0.05, 0) is 24.3 Å². The van der Waals surface area contributed by atoms with Crippen molar-refractivity contribution < 1.29 is 4.74 Å². The number of hydrogen-bond donors (Lipinski definition) is 1. The highest BCUT2D eigenvalue weighted by molar-refractivity contribution is 5.52. The minimum Gasteiger partial charge on any atom is -0.480 e. The van der Waals surface area contributed by atoms with E-state index in [4.69, 9.17) is 4.74 Å². The summed E-state index contributed by atoms with van der Waals surface area (Å²) in [5.74, 6) is 0.591. The highest BCUT2D eigenvalue weighted by atomic mass is 16.5. The van der Waals surface area contributed by atoms with Crippen LogP contribution in [0.15, 0.2) is 61.1 Å². The van der Waals surface area contributed by atoms with Gasteiger partial charge in [-0.2, -0.15) is 5.10 Å². The fourth-order valence-corrected chi connectivity index (χ4v) is 2.06. The molecule has 1 aromatic carbocycles. The molecule has 2 aromatic heterocycles. The van der Waals surface area contributed by atoms with E-state index in [9.17, 15) is 0 Å². The van der Waals surface area contributed by atoms with E-state index in [-0.39, 0.29) is 0 Å². The van der Waals surface area contributed by atoms with Crippen LogP contribution >= 0.6 is 0 Å². The van der Waals surface area contributed by atoms with Crippen LogP contribution in [0.2, 0.25) is 0 Å². The molecule has 21 heavy (non-hydrogen) atoms. The van der Waals surface area contributed by atoms with Gasteiger partial charge in [0.15, 0.2) is 0 Å². The van der Waals surface area contributed by atoms with E-state index in [0.29, 0.717) is 12.4 Å². The van der Waals surface area contributed by atoms with Crippen LogP contribution in [-0.4, -0.2) is 21.9 Å². The van der Waals surface area contributed by atoms with Gasteiger partial charge in [-0.1, -0.05) is 18.2 Å². The van der Waals surface area contributed by atoms with Crippen molar-refractivity contribution in [2.45, 2.75) is 6.54 Å². The molecule has 0 fully saturated rings. The first kappa shape index (κ1) is 13.2. The molecule has 5 nitrogen and oxygen atoms in total. The maximum atomic E-state index is 5.21. The molecule has 0 aliphatic rings. The molecule has 0 amide bonds. The second-order valence-corrected chi connectivity index (χ2v) is 4.54. The number of ether oxygens (including phenoxy) is 1. The largest absolute Gasteiger partial charge is 0.480 e. The highest BCUT2D eigenvalue weighted by Gasteiger charge is 2.04. The van der Waals surface area contributed by atoms with E-state index >= 15 is 0 Å². The van der Waals surface area contributed by atoms with Gasteiger partial charge >= 0.3 is 0 Å². The lowest BCUT2D eigenvalue weighted by Crippen LogP contribution is -2.01. The van der Waals surface area contributed by atoms with E-state index < -0.39 is 0 Å². The van der Waals surface area contributed by atoms with Gasteiger partial charge in [0.25, 0.3) is 0 Å². The molecule has 0 saturated carbocycles. The van der Waals surface area contributed by atoms with E-state index in [2.05, 4.69) is 15.4 Å². The Labute approximate surface area is 123 Å². The number of rotatable bonds is 5. The number of benzene rings is 1. The van der Waals surface area contributed by atoms with Crippen molar-refractivity contribution in [2.24, 2.45) is 0 Å². The van der Waals surface area contributed by atoms with Gasteiger partial charge in [0.05, 0.1) is 24.7 Å². The molecule has 0 aliphatic heterocycles. The summed E-state index contributed by atoms with van der Waals surface area (Å²) in [7, 11) is 1.61. The topological polar surface area (TPSA) is 52.0 Å². The Morgan fingerprint density at radius 1 is 1.14 bits per heavy atom. The van der Waals surface area contributed by atoms with E-state index in [1.807, 2.05) is 59.5 Å². The van der Waals surface area contributed by atoms with Crippen LogP contribution in [0.25, 0.3) is 5.69 Å². The Hall–Kier alpha value is -2.82. The van der Waals surface area contributed by atoms with Gasteiger partial charge in [-0.25, -0.2) is 9.67 Å². The summed E-state index contributed by atoms with van der Waals surface area (Å²) in [5.41, 5.74) is 3.00. The number of para-hydroxylation sites is 1. The molecule has 2 heterocycles. The van der Waals surface area contributed by atoms with E-state index in [1.165, 1.54) is 0 Å². The molecule has 0 unspecified atom stereocenters. The maximum absolute atomic E-state index is 5.21. The number of nitrogens with one attached hydrogen (secondary N) is 1. The van der Waals surface area contributed by atoms with Crippen LogP contribution in [0.4, 0.5) is 5.69 Å². The lowest BCUT2D eigenvalue weighted by atomic mass is 10.3. The lowest BCUT2D eigenvalue weighted by Gasteiger charge is -2.08. The molecule has 1 N–H and O–H groups in total. The summed E-state index contributed by atoms with van der Waals surface area (Å²) in [4.78, 5) is 4.16. The van der Waals surface area contributed by atoms with Crippen molar-refractivity contribution in [3.05, 3.63) is 66.6 Å². The van der Waals surface area contributed by atoms with E-state index in [1.54, 1.807) is 13.3 Å². The highest BCUT2D eigenvalue weighted by Crippen LogP contribution is 2.20. The summed E-state index contributed by atoms with van der Waals surface area (Å²) in [6, 6.07) is 13.8. The maximum Gasteiger partial charge on any atom is 0.237 e. The van der Waals surface area contributed by atoms with Gasteiger partial charge in [0.1, 0.15) is 0 Å². The average Bonchev–Trinajstić information content (AvgIpc) is 3.03. The number of pyridine rings is 1. The molecule has 0 atom stereocenters. The first-order valence-corrected chi connectivity index (χ1v) is 6.68. The standard InChI is InChI=1S/C16H16N4O/c1-21-16-15(8-5-9-17-16)18-10-13-11-19-20(12-13)14-6-3-2-4-7-14/h2-9,11-12,18H,10H2,1H3. The minimum atomic E-state index is 0.591. The number of nitrogens with zero attached hydrogens (tertiary/aromatic N) is 3. The molecular weight excluding hydrogens is 264 g/mol. The van der Waals surface area contributed by atoms with Crippen LogP contribution in [-0.2, 0) is 6.54 Å². The summed E-state index contributed by atoms with van der Waals surface area (Å²) in [5, 5.41) is 7.68. The number of hydrogen-bond acceptors (Lipinski definition) is 4. The van der Waals surface area contributed by atoms with Crippen LogP contribution in [0, 0.1) is 0 Å². The van der Waals surface area contributed by atoms with Crippen LogP contribution in [0.5, 0.6) is 5.88 Å². The normalized spacial score (nSPS) is 10.3. The van der Waals surface area contributed by atoms with E-state index in [0.717, 1.165) is 16.9 Å². The Morgan fingerprint density at radius 2 is 2.00 bits per heavy atom. The van der Waals surface area contributed by atoms with Crippen molar-refractivity contribution in [1.29, 1.82) is 0 Å². The van der Waals surface area contributed by atoms with Crippen LogP contribution < -0.4 is 10.1 Å². The zero-order valence-corrected chi connectivity index (χ0v) is 11.7. The third kappa shape index (κ3) is 3.02. The molecule has 0 spiro atoms. The van der Waals surface area contributed by atoms with Crippen molar-refractivity contribution in [2.75, 3.05) is 12.4 Å². The van der Waals surface area contributed by atoms with Crippen molar-refractivity contribution in [1.82, 2.24) is 14.8 Å². The predicted octanol–water partition coefficient (Wildman–Crippen LogP) is 2.89. The molecule has 5 heteroatoms. The van der Waals surface area contributed by atoms with Gasteiger partial charge in [-0.3, -0.25) is 0 Å². The second-order valence-electron chi connectivity index (χ2n) is 4.54. The number of aromatic nitrogens is 3. The van der Waals surface area contributed by atoms with Crippen molar-refractivity contribution >= 4 is 5.69 Å². The summed E-state index contributed by atoms with van der Waals surface area (Å²) in [6.45, 7) is 0.662. The Bertz CT molecular complexity index is 709. The molecular formula is C16H16N4O. The third-order valence-corrected chi connectivity index (χ3v) is 3.10. The molecule has 0 bridgehead atoms. The third-order valence-electron chi connectivity index (χ3n) is 3.10. The lowest BCUT2D eigenvalue weighted by molar-refractivity contribution is 0.399. The summed E-state index contributed by atoms with van der Waals surface area (Å²) >= 11 is 0. The van der Waals surface area contributed by atoms with Crippen LogP contribution in [0.3, 0.4) is 0 Å². The second kappa shape index (κ2) is 6.09. The fraction of sp³-hybridized carbons (Fsp3) is 0.125. The zero-order chi connectivity index (χ0) is 14.5. The van der Waals surface area contributed by atoms with Crippen molar-refractivity contribution in [3.63, 3.8) is 0 Å². The van der Waals surface area contributed by atoms with Gasteiger partial charge < -0.3 is 10.1 Å². The molecule has 0 radical (unpaired) electrons. The van der Waals surface area contributed by atoms with Crippen molar-refractivity contribution in [3.8, 4) is 11.6 Å². The summed E-state index contributed by atoms with van der Waals surface area (Å²) < 4.78 is 7.07. The molecule has 0 saturated heterocycles. The minimum absolute atomic E-state index is 0.591. The monoisotopic (exact) mass is 280 g/mol. The van der Waals surface area contributed by atoms with Gasteiger partial charge in [-0.15, -0.1) is 0 Å². The Balaban J connectivity index is 1.71. The Morgan fingerprint density at radius 3 is 2.81 bits per heavy atom. The molecule has 3 aromatic rings. The summed E-state index contributed by atoms with van der Waals surface area (Å²) in [6.07, 6.45) is 5.56. The molecule has 106 valence electrons.